The van der Waals surface area contributed by atoms with Gasteiger partial charge in [0, 0.05) is 50.0 Å². The van der Waals surface area contributed by atoms with Gasteiger partial charge in [0.15, 0.2) is 0 Å². The number of nitrogens with zero attached hydrogens (tertiary/aromatic N) is 3. The van der Waals surface area contributed by atoms with E-state index in [1.54, 1.807) is 19.3 Å². The van der Waals surface area contributed by atoms with Crippen LogP contribution in [0.25, 0.3) is 10.9 Å². The Morgan fingerprint density at radius 3 is 3.08 bits per heavy atom. The van der Waals surface area contributed by atoms with Crippen LogP contribution in [-0.2, 0) is 7.05 Å². The van der Waals surface area contributed by atoms with Gasteiger partial charge in [-0.2, -0.15) is 5.10 Å². The standard InChI is InChI=1S/C19H21N5O2/c1-23-18(25)9-16(11-22-23)24-7-5-13(12-24)10-21-19(26)15-3-2-14-4-6-20-17(14)8-15/h2-4,6,8-9,11,13,20H,5,7,10,12H2,1H3,(H,21,26)/t13-/m0/s1. The number of anilines is 1. The van der Waals surface area contributed by atoms with Crippen LogP contribution in [0.1, 0.15) is 16.8 Å². The fourth-order valence-corrected chi connectivity index (χ4v) is 3.39. The number of rotatable bonds is 4. The Bertz CT molecular complexity index is 1010. The van der Waals surface area contributed by atoms with E-state index in [-0.39, 0.29) is 11.5 Å². The van der Waals surface area contributed by atoms with Crippen molar-refractivity contribution in [3.63, 3.8) is 0 Å². The molecule has 1 atom stereocenters. The minimum absolute atomic E-state index is 0.0600. The SMILES string of the molecule is Cn1ncc(N2CC[C@@H](CNC(=O)c3ccc4cc[nH]c4c3)C2)cc1=O. The molecular formula is C19H21N5O2. The number of nitrogens with one attached hydrogen (secondary N) is 2. The lowest BCUT2D eigenvalue weighted by atomic mass is 10.1. The molecule has 2 N–H and O–H groups in total. The zero-order valence-corrected chi connectivity index (χ0v) is 14.6. The summed E-state index contributed by atoms with van der Waals surface area (Å²) in [6.45, 7) is 2.30. The molecule has 0 spiro atoms. The highest BCUT2D eigenvalue weighted by Gasteiger charge is 2.24. The molecule has 1 aliphatic heterocycles. The van der Waals surface area contributed by atoms with Gasteiger partial charge < -0.3 is 15.2 Å². The predicted octanol–water partition coefficient (Wildman–Crippen LogP) is 1.52. The van der Waals surface area contributed by atoms with Gasteiger partial charge in [0.25, 0.3) is 11.5 Å². The van der Waals surface area contributed by atoms with Crippen LogP contribution < -0.4 is 15.8 Å². The van der Waals surface area contributed by atoms with E-state index in [2.05, 4.69) is 20.3 Å². The Labute approximate surface area is 150 Å². The topological polar surface area (TPSA) is 83.0 Å². The van der Waals surface area contributed by atoms with Crippen molar-refractivity contribution in [1.82, 2.24) is 20.1 Å². The lowest BCUT2D eigenvalue weighted by Crippen LogP contribution is -2.31. The Morgan fingerprint density at radius 1 is 1.35 bits per heavy atom. The molecule has 1 amide bonds. The highest BCUT2D eigenvalue weighted by atomic mass is 16.1. The van der Waals surface area contributed by atoms with Gasteiger partial charge in [-0.15, -0.1) is 0 Å². The zero-order chi connectivity index (χ0) is 18.1. The summed E-state index contributed by atoms with van der Waals surface area (Å²) in [7, 11) is 1.64. The molecule has 3 heterocycles. The van der Waals surface area contributed by atoms with E-state index in [1.165, 1.54) is 4.68 Å². The molecule has 0 unspecified atom stereocenters. The summed E-state index contributed by atoms with van der Waals surface area (Å²) in [5.74, 6) is 0.299. The Hall–Kier alpha value is -3.09. The first-order valence-electron chi connectivity index (χ1n) is 8.74. The zero-order valence-electron chi connectivity index (χ0n) is 14.6. The number of H-pyrrole nitrogens is 1. The summed E-state index contributed by atoms with van der Waals surface area (Å²) < 4.78 is 1.32. The molecular weight excluding hydrogens is 330 g/mol. The van der Waals surface area contributed by atoms with E-state index in [1.807, 2.05) is 30.5 Å². The van der Waals surface area contributed by atoms with Crippen molar-refractivity contribution >= 4 is 22.5 Å². The molecule has 7 nitrogen and oxygen atoms in total. The van der Waals surface area contributed by atoms with Gasteiger partial charge in [0.1, 0.15) is 0 Å². The summed E-state index contributed by atoms with van der Waals surface area (Å²) in [6, 6.07) is 9.26. The van der Waals surface area contributed by atoms with Gasteiger partial charge in [0.05, 0.1) is 11.9 Å². The third kappa shape index (κ3) is 3.20. The number of aryl methyl sites for hydroxylation is 1. The summed E-state index contributed by atoms with van der Waals surface area (Å²) in [5.41, 5.74) is 2.35. The van der Waals surface area contributed by atoms with Crippen LogP contribution in [0, 0.1) is 5.92 Å². The van der Waals surface area contributed by atoms with E-state index >= 15 is 0 Å². The predicted molar refractivity (Wildman–Crippen MR) is 100 cm³/mol. The monoisotopic (exact) mass is 351 g/mol. The number of aromatic nitrogens is 3. The minimum atomic E-state index is -0.112. The molecule has 7 heteroatoms. The van der Waals surface area contributed by atoms with E-state index in [9.17, 15) is 9.59 Å². The number of amides is 1. The number of aromatic amines is 1. The Balaban J connectivity index is 1.35. The molecule has 2 aromatic heterocycles. The maximum atomic E-state index is 12.4. The molecule has 134 valence electrons. The Morgan fingerprint density at radius 2 is 2.23 bits per heavy atom. The third-order valence-corrected chi connectivity index (χ3v) is 4.97. The van der Waals surface area contributed by atoms with Gasteiger partial charge in [0.2, 0.25) is 0 Å². The molecule has 1 saturated heterocycles. The minimum Gasteiger partial charge on any atom is -0.370 e. The number of carbonyl (C=O) groups excluding carboxylic acids is 1. The fourth-order valence-electron chi connectivity index (χ4n) is 3.39. The molecule has 0 radical (unpaired) electrons. The van der Waals surface area contributed by atoms with Crippen LogP contribution in [0.3, 0.4) is 0 Å². The fraction of sp³-hybridized carbons (Fsp3) is 0.316. The van der Waals surface area contributed by atoms with E-state index in [0.717, 1.165) is 36.1 Å². The molecule has 0 aliphatic carbocycles. The number of hydrogen-bond donors (Lipinski definition) is 2. The molecule has 0 bridgehead atoms. The average Bonchev–Trinajstić information content (AvgIpc) is 3.30. The van der Waals surface area contributed by atoms with Crippen molar-refractivity contribution in [2.45, 2.75) is 6.42 Å². The lowest BCUT2D eigenvalue weighted by Gasteiger charge is -2.18. The van der Waals surface area contributed by atoms with Crippen molar-refractivity contribution < 1.29 is 4.79 Å². The highest BCUT2D eigenvalue weighted by molar-refractivity contribution is 5.97. The van der Waals surface area contributed by atoms with Crippen molar-refractivity contribution in [3.05, 3.63) is 58.6 Å². The second-order valence-electron chi connectivity index (χ2n) is 6.77. The van der Waals surface area contributed by atoms with Crippen molar-refractivity contribution in [2.24, 2.45) is 13.0 Å². The van der Waals surface area contributed by atoms with Crippen LogP contribution in [0.15, 0.2) is 47.5 Å². The number of carbonyl (C=O) groups is 1. The van der Waals surface area contributed by atoms with Gasteiger partial charge in [-0.3, -0.25) is 9.59 Å². The van der Waals surface area contributed by atoms with Crippen LogP contribution in [0.4, 0.5) is 5.69 Å². The van der Waals surface area contributed by atoms with Crippen molar-refractivity contribution in [3.8, 4) is 0 Å². The highest BCUT2D eigenvalue weighted by Crippen LogP contribution is 2.21. The first-order valence-corrected chi connectivity index (χ1v) is 8.74. The van der Waals surface area contributed by atoms with Crippen LogP contribution >= 0.6 is 0 Å². The number of benzene rings is 1. The van der Waals surface area contributed by atoms with Crippen LogP contribution in [0.2, 0.25) is 0 Å². The smallest absolute Gasteiger partial charge is 0.268 e. The largest absolute Gasteiger partial charge is 0.370 e. The molecule has 4 rings (SSSR count). The summed E-state index contributed by atoms with van der Waals surface area (Å²) in [5, 5.41) is 8.19. The van der Waals surface area contributed by atoms with Gasteiger partial charge >= 0.3 is 0 Å². The maximum Gasteiger partial charge on any atom is 0.268 e. The van der Waals surface area contributed by atoms with Crippen molar-refractivity contribution in [2.75, 3.05) is 24.5 Å². The van der Waals surface area contributed by atoms with Crippen LogP contribution in [-0.4, -0.2) is 40.3 Å². The van der Waals surface area contributed by atoms with Gasteiger partial charge in [-0.05, 0) is 35.9 Å². The van der Waals surface area contributed by atoms with Crippen molar-refractivity contribution in [1.29, 1.82) is 0 Å². The van der Waals surface area contributed by atoms with E-state index in [0.29, 0.717) is 18.0 Å². The average molecular weight is 351 g/mol. The van der Waals surface area contributed by atoms with E-state index < -0.39 is 0 Å². The normalized spacial score (nSPS) is 17.0. The second-order valence-corrected chi connectivity index (χ2v) is 6.77. The molecule has 3 aromatic rings. The third-order valence-electron chi connectivity index (χ3n) is 4.97. The molecule has 26 heavy (non-hydrogen) atoms. The number of hydrogen-bond acceptors (Lipinski definition) is 4. The molecule has 1 fully saturated rings. The molecule has 0 saturated carbocycles. The summed E-state index contributed by atoms with van der Waals surface area (Å²) in [6.07, 6.45) is 4.56. The Kier molecular flexibility index (Phi) is 4.20. The summed E-state index contributed by atoms with van der Waals surface area (Å²) >= 11 is 0. The number of fused-ring (bicyclic) bond motifs is 1. The van der Waals surface area contributed by atoms with Crippen LogP contribution in [0.5, 0.6) is 0 Å². The maximum absolute atomic E-state index is 12.4. The molecule has 1 aliphatic rings. The van der Waals surface area contributed by atoms with Gasteiger partial charge in [-0.1, -0.05) is 6.07 Å². The summed E-state index contributed by atoms with van der Waals surface area (Å²) in [4.78, 5) is 29.4. The quantitative estimate of drug-likeness (QED) is 0.747. The molecule has 1 aromatic carbocycles. The second kappa shape index (κ2) is 6.67. The first kappa shape index (κ1) is 16.4. The van der Waals surface area contributed by atoms with E-state index in [4.69, 9.17) is 0 Å². The lowest BCUT2D eigenvalue weighted by molar-refractivity contribution is 0.0948. The van der Waals surface area contributed by atoms with Gasteiger partial charge in [-0.25, -0.2) is 4.68 Å². The first-order chi connectivity index (χ1) is 12.6.